The fourth-order valence-corrected chi connectivity index (χ4v) is 4.50. The lowest BCUT2D eigenvalue weighted by atomic mass is 9.89. The Bertz CT molecular complexity index is 490. The molecule has 108 valence electrons. The lowest BCUT2D eigenvalue weighted by molar-refractivity contribution is 0.0971. The Hall–Kier alpha value is -0.540. The normalized spacial score (nSPS) is 24.8. The summed E-state index contributed by atoms with van der Waals surface area (Å²) in [6.45, 7) is 3.86. The molecule has 0 bridgehead atoms. The SMILES string of the molecule is Brc1ccc2c(c1)CCN2C1CCN(C2CCC2)CC1. The maximum absolute atomic E-state index is 3.59. The van der Waals surface area contributed by atoms with Crippen molar-refractivity contribution in [2.24, 2.45) is 0 Å². The molecule has 3 aliphatic rings. The van der Waals surface area contributed by atoms with Crippen molar-refractivity contribution in [3.63, 3.8) is 0 Å². The summed E-state index contributed by atoms with van der Waals surface area (Å²) in [6, 6.07) is 8.51. The molecule has 0 unspecified atom stereocenters. The Morgan fingerprint density at radius 2 is 1.75 bits per heavy atom. The summed E-state index contributed by atoms with van der Waals surface area (Å²) < 4.78 is 1.22. The minimum atomic E-state index is 0.772. The van der Waals surface area contributed by atoms with Crippen molar-refractivity contribution in [1.82, 2.24) is 4.90 Å². The monoisotopic (exact) mass is 334 g/mol. The highest BCUT2D eigenvalue weighted by atomic mass is 79.9. The average molecular weight is 335 g/mol. The van der Waals surface area contributed by atoms with Crippen molar-refractivity contribution in [2.75, 3.05) is 24.5 Å². The lowest BCUT2D eigenvalue weighted by Crippen LogP contribution is -2.49. The molecule has 0 radical (unpaired) electrons. The van der Waals surface area contributed by atoms with Gasteiger partial charge in [0.2, 0.25) is 0 Å². The van der Waals surface area contributed by atoms with Crippen LogP contribution in [0.5, 0.6) is 0 Å². The van der Waals surface area contributed by atoms with Crippen molar-refractivity contribution in [3.05, 3.63) is 28.2 Å². The first-order valence-electron chi connectivity index (χ1n) is 8.10. The van der Waals surface area contributed by atoms with Gasteiger partial charge in [0, 0.05) is 41.9 Å². The van der Waals surface area contributed by atoms with Gasteiger partial charge in [-0.2, -0.15) is 0 Å². The van der Waals surface area contributed by atoms with Crippen molar-refractivity contribution >= 4 is 21.6 Å². The second-order valence-corrected chi connectivity index (χ2v) is 7.48. The number of likely N-dealkylation sites (tertiary alicyclic amines) is 1. The highest BCUT2D eigenvalue weighted by Crippen LogP contribution is 2.35. The van der Waals surface area contributed by atoms with Gasteiger partial charge in [-0.3, -0.25) is 0 Å². The molecular weight excluding hydrogens is 312 g/mol. The van der Waals surface area contributed by atoms with E-state index in [1.54, 1.807) is 0 Å². The summed E-state index contributed by atoms with van der Waals surface area (Å²) in [5.74, 6) is 0. The Kier molecular flexibility index (Phi) is 3.51. The van der Waals surface area contributed by atoms with E-state index in [1.807, 2.05) is 0 Å². The minimum Gasteiger partial charge on any atom is -0.368 e. The first-order valence-corrected chi connectivity index (χ1v) is 8.90. The van der Waals surface area contributed by atoms with Gasteiger partial charge in [0.25, 0.3) is 0 Å². The number of benzene rings is 1. The molecule has 20 heavy (non-hydrogen) atoms. The maximum Gasteiger partial charge on any atom is 0.0402 e. The summed E-state index contributed by atoms with van der Waals surface area (Å²) >= 11 is 3.59. The van der Waals surface area contributed by atoms with E-state index in [-0.39, 0.29) is 0 Å². The second-order valence-electron chi connectivity index (χ2n) is 6.57. The Morgan fingerprint density at radius 1 is 0.950 bits per heavy atom. The topological polar surface area (TPSA) is 6.48 Å². The van der Waals surface area contributed by atoms with Crippen LogP contribution in [0.1, 0.15) is 37.7 Å². The van der Waals surface area contributed by atoms with Crippen LogP contribution in [0.25, 0.3) is 0 Å². The highest BCUT2D eigenvalue weighted by Gasteiger charge is 2.32. The largest absolute Gasteiger partial charge is 0.368 e. The molecule has 0 spiro atoms. The predicted octanol–water partition coefficient (Wildman–Crippen LogP) is 3.83. The molecule has 0 amide bonds. The van der Waals surface area contributed by atoms with Crippen LogP contribution in [0.15, 0.2) is 22.7 Å². The standard InChI is InChI=1S/C17H23BrN2/c18-14-4-5-17-13(12-14)6-11-20(17)16-7-9-19(10-8-16)15-2-1-3-15/h4-5,12,15-16H,1-3,6-11H2. The fraction of sp³-hybridized carbons (Fsp3) is 0.647. The van der Waals surface area contributed by atoms with E-state index >= 15 is 0 Å². The Labute approximate surface area is 130 Å². The van der Waals surface area contributed by atoms with Gasteiger partial charge >= 0.3 is 0 Å². The zero-order chi connectivity index (χ0) is 13.5. The third kappa shape index (κ3) is 2.29. The molecule has 1 aromatic rings. The maximum atomic E-state index is 3.59. The van der Waals surface area contributed by atoms with Crippen LogP contribution in [0.2, 0.25) is 0 Å². The van der Waals surface area contributed by atoms with Crippen LogP contribution in [0, 0.1) is 0 Å². The first-order chi connectivity index (χ1) is 9.81. The predicted molar refractivity (Wildman–Crippen MR) is 87.4 cm³/mol. The van der Waals surface area contributed by atoms with Gasteiger partial charge in [0.1, 0.15) is 0 Å². The molecule has 2 nitrogen and oxygen atoms in total. The summed E-state index contributed by atoms with van der Waals surface area (Å²) in [5, 5.41) is 0. The van der Waals surface area contributed by atoms with E-state index in [0.717, 1.165) is 12.1 Å². The average Bonchev–Trinajstić information content (AvgIpc) is 2.80. The zero-order valence-corrected chi connectivity index (χ0v) is 13.6. The number of hydrogen-bond acceptors (Lipinski definition) is 2. The molecule has 0 aromatic heterocycles. The third-order valence-corrected chi connectivity index (χ3v) is 6.00. The van der Waals surface area contributed by atoms with Crippen LogP contribution in [0.3, 0.4) is 0 Å². The second kappa shape index (κ2) is 5.34. The van der Waals surface area contributed by atoms with E-state index in [4.69, 9.17) is 0 Å². The van der Waals surface area contributed by atoms with Gasteiger partial charge in [-0.1, -0.05) is 22.4 Å². The van der Waals surface area contributed by atoms with Gasteiger partial charge in [-0.15, -0.1) is 0 Å². The van der Waals surface area contributed by atoms with Crippen molar-refractivity contribution in [2.45, 2.75) is 50.6 Å². The van der Waals surface area contributed by atoms with E-state index in [2.05, 4.69) is 43.9 Å². The molecule has 0 N–H and O–H groups in total. The summed E-state index contributed by atoms with van der Waals surface area (Å²) in [4.78, 5) is 5.43. The van der Waals surface area contributed by atoms with E-state index < -0.39 is 0 Å². The molecule has 2 heterocycles. The van der Waals surface area contributed by atoms with Crippen LogP contribution in [-0.2, 0) is 6.42 Å². The highest BCUT2D eigenvalue weighted by molar-refractivity contribution is 9.10. The molecule has 3 heteroatoms. The third-order valence-electron chi connectivity index (χ3n) is 5.50. The van der Waals surface area contributed by atoms with Gasteiger partial charge in [-0.25, -0.2) is 0 Å². The molecule has 2 aliphatic heterocycles. The van der Waals surface area contributed by atoms with Crippen LogP contribution in [0.4, 0.5) is 5.69 Å². The van der Waals surface area contributed by atoms with Crippen molar-refractivity contribution < 1.29 is 0 Å². The summed E-state index contributed by atoms with van der Waals surface area (Å²) in [6.07, 6.45) is 8.28. The van der Waals surface area contributed by atoms with Crippen LogP contribution in [-0.4, -0.2) is 36.6 Å². The molecule has 0 atom stereocenters. The molecule has 4 rings (SSSR count). The number of anilines is 1. The van der Waals surface area contributed by atoms with E-state index in [0.29, 0.717) is 0 Å². The van der Waals surface area contributed by atoms with E-state index in [9.17, 15) is 0 Å². The number of nitrogens with zero attached hydrogens (tertiary/aromatic N) is 2. The number of fused-ring (bicyclic) bond motifs is 1. The van der Waals surface area contributed by atoms with Gasteiger partial charge in [-0.05, 0) is 55.9 Å². The number of rotatable bonds is 2. The number of piperidine rings is 1. The quantitative estimate of drug-likeness (QED) is 0.810. The lowest BCUT2D eigenvalue weighted by Gasteiger charge is -2.44. The first kappa shape index (κ1) is 13.1. The Morgan fingerprint density at radius 3 is 2.45 bits per heavy atom. The zero-order valence-electron chi connectivity index (χ0n) is 12.0. The molecule has 1 saturated heterocycles. The molecule has 2 fully saturated rings. The number of halogens is 1. The van der Waals surface area contributed by atoms with Crippen LogP contribution < -0.4 is 4.90 Å². The fourth-order valence-electron chi connectivity index (χ4n) is 4.09. The minimum absolute atomic E-state index is 0.772. The summed E-state index contributed by atoms with van der Waals surface area (Å²) in [5.41, 5.74) is 3.02. The van der Waals surface area contributed by atoms with Gasteiger partial charge < -0.3 is 9.80 Å². The van der Waals surface area contributed by atoms with Crippen LogP contribution >= 0.6 is 15.9 Å². The van der Waals surface area contributed by atoms with Gasteiger partial charge in [0.05, 0.1) is 0 Å². The summed E-state index contributed by atoms with van der Waals surface area (Å²) in [7, 11) is 0. The number of hydrogen-bond donors (Lipinski definition) is 0. The molecule has 1 aromatic carbocycles. The van der Waals surface area contributed by atoms with Crippen molar-refractivity contribution in [1.29, 1.82) is 0 Å². The molecule has 1 saturated carbocycles. The van der Waals surface area contributed by atoms with Crippen molar-refractivity contribution in [3.8, 4) is 0 Å². The van der Waals surface area contributed by atoms with E-state index in [1.165, 1.54) is 73.9 Å². The molecular formula is C17H23BrN2. The molecule has 1 aliphatic carbocycles. The Balaban J connectivity index is 1.43. The smallest absolute Gasteiger partial charge is 0.0402 e. The van der Waals surface area contributed by atoms with Gasteiger partial charge in [0.15, 0.2) is 0 Å².